The van der Waals surface area contributed by atoms with E-state index < -0.39 is 23.6 Å². The van der Waals surface area contributed by atoms with Gasteiger partial charge in [-0.15, -0.1) is 0 Å². The van der Waals surface area contributed by atoms with Gasteiger partial charge in [-0.05, 0) is 26.8 Å². The van der Waals surface area contributed by atoms with E-state index in [9.17, 15) is 14.4 Å². The molecule has 0 radical (unpaired) electrons. The van der Waals surface area contributed by atoms with Crippen molar-refractivity contribution in [2.75, 3.05) is 20.8 Å². The molecular formula is C15H22N2O6. The van der Waals surface area contributed by atoms with Gasteiger partial charge in [-0.1, -0.05) is 0 Å². The Morgan fingerprint density at radius 2 is 1.74 bits per heavy atom. The van der Waals surface area contributed by atoms with Crippen LogP contribution in [0.1, 0.15) is 41.6 Å². The summed E-state index contributed by atoms with van der Waals surface area (Å²) >= 11 is 0. The highest BCUT2D eigenvalue weighted by Crippen LogP contribution is 2.14. The number of carbonyl (C=O) groups excluding carboxylic acids is 3. The van der Waals surface area contributed by atoms with Crippen LogP contribution in [-0.2, 0) is 20.8 Å². The average molecular weight is 326 g/mol. The molecule has 0 saturated heterocycles. The third kappa shape index (κ3) is 5.32. The number of nitrogens with one attached hydrogen (secondary N) is 1. The van der Waals surface area contributed by atoms with Gasteiger partial charge in [-0.2, -0.15) is 0 Å². The molecule has 0 aliphatic carbocycles. The standard InChI is InChI=1S/C15H22N2O6/c1-15(2,3)23-14(20)16-7-9-17-8-6-10(12(18)21-4)11(17)13(19)22-5/h6,8H,7,9H2,1-5H3,(H,16,20). The van der Waals surface area contributed by atoms with Gasteiger partial charge in [0, 0.05) is 19.3 Å². The fraction of sp³-hybridized carbons (Fsp3) is 0.533. The molecule has 0 atom stereocenters. The Bertz CT molecular complexity index is 585. The Labute approximate surface area is 134 Å². The van der Waals surface area contributed by atoms with Crippen LogP contribution in [0, 0.1) is 0 Å². The number of hydrogen-bond donors (Lipinski definition) is 1. The van der Waals surface area contributed by atoms with E-state index >= 15 is 0 Å². The fourth-order valence-corrected chi connectivity index (χ4v) is 1.85. The highest BCUT2D eigenvalue weighted by Gasteiger charge is 2.23. The summed E-state index contributed by atoms with van der Waals surface area (Å²) in [6.45, 7) is 5.76. The van der Waals surface area contributed by atoms with E-state index in [0.29, 0.717) is 0 Å². The van der Waals surface area contributed by atoms with E-state index in [1.807, 2.05) is 0 Å². The zero-order valence-corrected chi connectivity index (χ0v) is 14.0. The summed E-state index contributed by atoms with van der Waals surface area (Å²) in [7, 11) is 2.45. The molecule has 0 aromatic carbocycles. The van der Waals surface area contributed by atoms with Crippen molar-refractivity contribution < 1.29 is 28.6 Å². The Kier molecular flexibility index (Phi) is 6.18. The normalized spacial score (nSPS) is 10.8. The van der Waals surface area contributed by atoms with Gasteiger partial charge in [0.25, 0.3) is 0 Å². The van der Waals surface area contributed by atoms with Gasteiger partial charge in [-0.25, -0.2) is 14.4 Å². The molecule has 8 heteroatoms. The summed E-state index contributed by atoms with van der Waals surface area (Å²) < 4.78 is 15.9. The van der Waals surface area contributed by atoms with Crippen LogP contribution >= 0.6 is 0 Å². The molecule has 1 heterocycles. The van der Waals surface area contributed by atoms with Crippen molar-refractivity contribution in [3.05, 3.63) is 23.5 Å². The van der Waals surface area contributed by atoms with Crippen LogP contribution in [-0.4, -0.2) is 49.0 Å². The van der Waals surface area contributed by atoms with E-state index in [1.165, 1.54) is 24.9 Å². The Morgan fingerprint density at radius 3 is 2.26 bits per heavy atom. The second kappa shape index (κ2) is 7.66. The molecule has 1 aromatic heterocycles. The summed E-state index contributed by atoms with van der Waals surface area (Å²) in [6.07, 6.45) is 0.993. The van der Waals surface area contributed by atoms with Crippen LogP contribution in [0.15, 0.2) is 12.3 Å². The van der Waals surface area contributed by atoms with Gasteiger partial charge in [0.15, 0.2) is 0 Å². The number of aromatic nitrogens is 1. The van der Waals surface area contributed by atoms with Crippen LogP contribution in [0.25, 0.3) is 0 Å². The molecular weight excluding hydrogens is 304 g/mol. The highest BCUT2D eigenvalue weighted by atomic mass is 16.6. The SMILES string of the molecule is COC(=O)c1ccn(CCNC(=O)OC(C)(C)C)c1C(=O)OC. The summed E-state index contributed by atoms with van der Waals surface area (Å²) in [5.41, 5.74) is -0.408. The maximum absolute atomic E-state index is 11.9. The molecule has 1 rings (SSSR count). The molecule has 128 valence electrons. The number of nitrogens with zero attached hydrogens (tertiary/aromatic N) is 1. The molecule has 1 N–H and O–H groups in total. The quantitative estimate of drug-likeness (QED) is 0.652. The first-order valence-corrected chi connectivity index (χ1v) is 7.02. The monoisotopic (exact) mass is 326 g/mol. The fourth-order valence-electron chi connectivity index (χ4n) is 1.85. The second-order valence-corrected chi connectivity index (χ2v) is 5.68. The van der Waals surface area contributed by atoms with Crippen LogP contribution < -0.4 is 5.32 Å². The van der Waals surface area contributed by atoms with Crippen molar-refractivity contribution in [3.63, 3.8) is 0 Å². The zero-order valence-electron chi connectivity index (χ0n) is 14.0. The molecule has 8 nitrogen and oxygen atoms in total. The van der Waals surface area contributed by atoms with E-state index in [2.05, 4.69) is 14.8 Å². The number of hydrogen-bond acceptors (Lipinski definition) is 6. The van der Waals surface area contributed by atoms with Crippen molar-refractivity contribution in [1.29, 1.82) is 0 Å². The molecule has 0 fully saturated rings. The predicted molar refractivity (Wildman–Crippen MR) is 81.3 cm³/mol. The van der Waals surface area contributed by atoms with Crippen LogP contribution in [0.4, 0.5) is 4.79 Å². The third-order valence-corrected chi connectivity index (χ3v) is 2.77. The predicted octanol–water partition coefficient (Wildman–Crippen LogP) is 1.59. The third-order valence-electron chi connectivity index (χ3n) is 2.77. The van der Waals surface area contributed by atoms with E-state index in [-0.39, 0.29) is 24.3 Å². The number of methoxy groups -OCH3 is 2. The molecule has 1 aromatic rings. The molecule has 0 saturated carbocycles. The minimum absolute atomic E-state index is 0.0744. The van der Waals surface area contributed by atoms with Crippen molar-refractivity contribution in [2.45, 2.75) is 32.9 Å². The molecule has 0 aliphatic rings. The van der Waals surface area contributed by atoms with Crippen molar-refractivity contribution in [2.24, 2.45) is 0 Å². The van der Waals surface area contributed by atoms with Crippen molar-refractivity contribution >= 4 is 18.0 Å². The Morgan fingerprint density at radius 1 is 1.13 bits per heavy atom. The minimum atomic E-state index is -0.660. The molecule has 1 amide bonds. The molecule has 0 aliphatic heterocycles. The topological polar surface area (TPSA) is 95.9 Å². The molecule has 0 spiro atoms. The van der Waals surface area contributed by atoms with Gasteiger partial charge < -0.3 is 24.1 Å². The maximum Gasteiger partial charge on any atom is 0.407 e. The largest absolute Gasteiger partial charge is 0.465 e. The van der Waals surface area contributed by atoms with Gasteiger partial charge >= 0.3 is 18.0 Å². The average Bonchev–Trinajstić information content (AvgIpc) is 2.87. The van der Waals surface area contributed by atoms with E-state index in [0.717, 1.165) is 0 Å². The number of carbonyl (C=O) groups is 3. The van der Waals surface area contributed by atoms with Gasteiger partial charge in [-0.3, -0.25) is 0 Å². The number of rotatable bonds is 5. The maximum atomic E-state index is 11.9. The molecule has 23 heavy (non-hydrogen) atoms. The Balaban J connectivity index is 2.77. The van der Waals surface area contributed by atoms with Gasteiger partial charge in [0.1, 0.15) is 11.3 Å². The van der Waals surface area contributed by atoms with Gasteiger partial charge in [0.05, 0.1) is 19.8 Å². The summed E-state index contributed by atoms with van der Waals surface area (Å²) in [5.74, 6) is -1.29. The lowest BCUT2D eigenvalue weighted by atomic mass is 10.2. The first kappa shape index (κ1) is 18.5. The molecule has 0 bridgehead atoms. The van der Waals surface area contributed by atoms with E-state index in [4.69, 9.17) is 4.74 Å². The Hall–Kier alpha value is -2.51. The lowest BCUT2D eigenvalue weighted by Crippen LogP contribution is -2.34. The van der Waals surface area contributed by atoms with Crippen molar-refractivity contribution in [3.8, 4) is 0 Å². The smallest absolute Gasteiger partial charge is 0.407 e. The summed E-state index contributed by atoms with van der Waals surface area (Å²) in [6, 6.07) is 1.46. The first-order chi connectivity index (χ1) is 10.7. The number of ether oxygens (including phenoxy) is 3. The van der Waals surface area contributed by atoms with Crippen LogP contribution in [0.3, 0.4) is 0 Å². The lowest BCUT2D eigenvalue weighted by Gasteiger charge is -2.19. The minimum Gasteiger partial charge on any atom is -0.465 e. The zero-order chi connectivity index (χ0) is 17.6. The van der Waals surface area contributed by atoms with Crippen molar-refractivity contribution in [1.82, 2.24) is 9.88 Å². The number of amides is 1. The number of alkyl carbamates (subject to hydrolysis) is 1. The first-order valence-electron chi connectivity index (χ1n) is 7.02. The van der Waals surface area contributed by atoms with Gasteiger partial charge in [0.2, 0.25) is 0 Å². The lowest BCUT2D eigenvalue weighted by molar-refractivity contribution is 0.0523. The second-order valence-electron chi connectivity index (χ2n) is 5.68. The molecule has 0 unspecified atom stereocenters. The number of esters is 2. The summed E-state index contributed by atoms with van der Waals surface area (Å²) in [5, 5.41) is 2.57. The summed E-state index contributed by atoms with van der Waals surface area (Å²) in [4.78, 5) is 35.1. The van der Waals surface area contributed by atoms with E-state index in [1.54, 1.807) is 27.0 Å². The highest BCUT2D eigenvalue weighted by molar-refractivity contribution is 6.02. The van der Waals surface area contributed by atoms with Crippen LogP contribution in [0.2, 0.25) is 0 Å². The van der Waals surface area contributed by atoms with Crippen LogP contribution in [0.5, 0.6) is 0 Å².